The Bertz CT molecular complexity index is 1290. The van der Waals surface area contributed by atoms with Crippen molar-refractivity contribution in [3.8, 4) is 22.3 Å². The molecule has 1 aromatic heterocycles. The van der Waals surface area contributed by atoms with Crippen molar-refractivity contribution in [1.29, 1.82) is 0 Å². The van der Waals surface area contributed by atoms with Gasteiger partial charge in [-0.1, -0.05) is 78.9 Å². The number of hydrogen-bond acceptors (Lipinski definition) is 2. The second-order valence-electron chi connectivity index (χ2n) is 6.94. The third-order valence-electron chi connectivity index (χ3n) is 5.25. The molecule has 0 bridgehead atoms. The van der Waals surface area contributed by atoms with Crippen molar-refractivity contribution in [3.05, 3.63) is 91.0 Å². The topological polar surface area (TPSA) is 56.2 Å². The third kappa shape index (κ3) is 2.71. The van der Waals surface area contributed by atoms with Crippen LogP contribution >= 0.6 is 0 Å². The van der Waals surface area contributed by atoms with E-state index in [9.17, 15) is 10.0 Å². The molecule has 134 valence electrons. The smallest absolute Gasteiger partial charge is 0.423 e. The summed E-state index contributed by atoms with van der Waals surface area (Å²) >= 11 is 0. The summed E-state index contributed by atoms with van der Waals surface area (Å²) in [6.45, 7) is 0. The molecule has 3 N–H and O–H groups in total. The van der Waals surface area contributed by atoms with Crippen molar-refractivity contribution in [2.45, 2.75) is 0 Å². The third-order valence-corrected chi connectivity index (χ3v) is 5.25. The highest BCUT2D eigenvalue weighted by Gasteiger charge is 2.20. The maximum absolute atomic E-state index is 10.0. The Balaban J connectivity index is 1.83. The van der Waals surface area contributed by atoms with E-state index in [0.29, 0.717) is 5.46 Å². The van der Waals surface area contributed by atoms with Crippen LogP contribution in [0.2, 0.25) is 0 Å². The van der Waals surface area contributed by atoms with E-state index < -0.39 is 7.12 Å². The van der Waals surface area contributed by atoms with Crippen molar-refractivity contribution in [2.24, 2.45) is 0 Å². The molecule has 0 saturated heterocycles. The molecule has 5 rings (SSSR count). The number of hydrogen-bond donors (Lipinski definition) is 3. The molecule has 0 fully saturated rings. The molecule has 4 heteroatoms. The lowest BCUT2D eigenvalue weighted by atomic mass is 9.77. The van der Waals surface area contributed by atoms with Gasteiger partial charge in [-0.2, -0.15) is 0 Å². The largest absolute Gasteiger partial charge is 0.490 e. The molecule has 0 atom stereocenters. The van der Waals surface area contributed by atoms with Gasteiger partial charge in [-0.15, -0.1) is 0 Å². The average molecular weight is 363 g/mol. The zero-order valence-corrected chi connectivity index (χ0v) is 15.1. The minimum absolute atomic E-state index is 0.478. The van der Waals surface area contributed by atoms with Crippen LogP contribution < -0.4 is 5.46 Å². The minimum Gasteiger partial charge on any atom is -0.423 e. The van der Waals surface area contributed by atoms with E-state index in [0.717, 1.165) is 44.1 Å². The quantitative estimate of drug-likeness (QED) is 0.418. The molecule has 0 aliphatic carbocycles. The van der Waals surface area contributed by atoms with Gasteiger partial charge in [0.25, 0.3) is 0 Å². The highest BCUT2D eigenvalue weighted by atomic mass is 16.4. The van der Waals surface area contributed by atoms with Gasteiger partial charge in [-0.25, -0.2) is 0 Å². The van der Waals surface area contributed by atoms with Crippen LogP contribution in [0.1, 0.15) is 0 Å². The van der Waals surface area contributed by atoms with E-state index >= 15 is 0 Å². The number of aromatic amines is 1. The van der Waals surface area contributed by atoms with Gasteiger partial charge in [0.05, 0.1) is 0 Å². The van der Waals surface area contributed by atoms with Gasteiger partial charge in [0.2, 0.25) is 0 Å². The van der Waals surface area contributed by atoms with Crippen molar-refractivity contribution in [2.75, 3.05) is 0 Å². The first kappa shape index (κ1) is 16.8. The first-order chi connectivity index (χ1) is 13.7. The van der Waals surface area contributed by atoms with Crippen molar-refractivity contribution in [1.82, 2.24) is 4.98 Å². The van der Waals surface area contributed by atoms with Crippen molar-refractivity contribution in [3.63, 3.8) is 0 Å². The summed E-state index contributed by atoms with van der Waals surface area (Å²) in [5.74, 6) is 0. The van der Waals surface area contributed by atoms with Crippen LogP contribution in [0.5, 0.6) is 0 Å². The second-order valence-corrected chi connectivity index (χ2v) is 6.94. The lowest BCUT2D eigenvalue weighted by molar-refractivity contribution is 0.426. The summed E-state index contributed by atoms with van der Waals surface area (Å²) < 4.78 is 0. The van der Waals surface area contributed by atoms with Crippen LogP contribution in [0.15, 0.2) is 91.0 Å². The van der Waals surface area contributed by atoms with Gasteiger partial charge in [-0.05, 0) is 34.4 Å². The van der Waals surface area contributed by atoms with Crippen LogP contribution in [-0.2, 0) is 0 Å². The van der Waals surface area contributed by atoms with Gasteiger partial charge in [-0.3, -0.25) is 0 Å². The fourth-order valence-electron chi connectivity index (χ4n) is 3.94. The van der Waals surface area contributed by atoms with Crippen molar-refractivity contribution < 1.29 is 10.0 Å². The Kier molecular flexibility index (Phi) is 4.01. The fraction of sp³-hybridized carbons (Fsp3) is 0. The standard InChI is InChI=1S/C24H18BNO2/c27-25(28)22-15-17(14-21-20-12-6-7-13-23(20)26-24(21)22)19-11-5-4-10-18(19)16-8-2-1-3-9-16/h1-15,26-28H. The molecule has 0 aliphatic rings. The Hall–Kier alpha value is -3.34. The molecule has 0 unspecified atom stereocenters. The number of para-hydroxylation sites is 1. The van der Waals surface area contributed by atoms with Gasteiger partial charge in [0, 0.05) is 27.3 Å². The normalized spacial score (nSPS) is 11.2. The maximum Gasteiger partial charge on any atom is 0.490 e. The predicted octanol–water partition coefficient (Wildman–Crippen LogP) is 4.33. The van der Waals surface area contributed by atoms with E-state index in [1.807, 2.05) is 54.6 Å². The summed E-state index contributed by atoms with van der Waals surface area (Å²) in [6, 6.07) is 30.4. The van der Waals surface area contributed by atoms with E-state index in [-0.39, 0.29) is 0 Å². The molecule has 0 amide bonds. The van der Waals surface area contributed by atoms with Gasteiger partial charge >= 0.3 is 7.12 Å². The number of H-pyrrole nitrogens is 1. The molecule has 1 heterocycles. The van der Waals surface area contributed by atoms with Crippen LogP contribution in [-0.4, -0.2) is 22.2 Å². The molecule has 0 aliphatic heterocycles. The summed E-state index contributed by atoms with van der Waals surface area (Å²) in [7, 11) is -1.56. The average Bonchev–Trinajstić information content (AvgIpc) is 3.12. The molecule has 0 saturated carbocycles. The number of benzene rings is 4. The number of nitrogens with one attached hydrogen (secondary N) is 1. The maximum atomic E-state index is 10.0. The van der Waals surface area contributed by atoms with Crippen LogP contribution in [0.25, 0.3) is 44.1 Å². The number of aromatic nitrogens is 1. The predicted molar refractivity (Wildman–Crippen MR) is 117 cm³/mol. The summed E-state index contributed by atoms with van der Waals surface area (Å²) in [5, 5.41) is 22.1. The molecule has 0 radical (unpaired) electrons. The van der Waals surface area contributed by atoms with E-state index in [4.69, 9.17) is 0 Å². The molecule has 3 nitrogen and oxygen atoms in total. The Morgan fingerprint density at radius 3 is 2.00 bits per heavy atom. The summed E-state index contributed by atoms with van der Waals surface area (Å²) in [6.07, 6.45) is 0. The molecule has 5 aromatic rings. The number of rotatable bonds is 3. The molecule has 4 aromatic carbocycles. The first-order valence-corrected chi connectivity index (χ1v) is 9.28. The molecular formula is C24H18BNO2. The first-order valence-electron chi connectivity index (χ1n) is 9.28. The monoisotopic (exact) mass is 363 g/mol. The Morgan fingerprint density at radius 2 is 1.25 bits per heavy atom. The minimum atomic E-state index is -1.56. The highest BCUT2D eigenvalue weighted by Crippen LogP contribution is 2.34. The zero-order valence-electron chi connectivity index (χ0n) is 15.1. The van der Waals surface area contributed by atoms with Crippen LogP contribution in [0.4, 0.5) is 0 Å². The molecule has 0 spiro atoms. The SMILES string of the molecule is OB(O)c1cc(-c2ccccc2-c2ccccc2)cc2c1[nH]c1ccccc12. The van der Waals surface area contributed by atoms with Gasteiger partial charge in [0.15, 0.2) is 0 Å². The molecule has 28 heavy (non-hydrogen) atoms. The van der Waals surface area contributed by atoms with Crippen molar-refractivity contribution >= 4 is 34.4 Å². The summed E-state index contributed by atoms with van der Waals surface area (Å²) in [4.78, 5) is 3.33. The van der Waals surface area contributed by atoms with Gasteiger partial charge < -0.3 is 15.0 Å². The second kappa shape index (κ2) is 6.68. The lowest BCUT2D eigenvalue weighted by Crippen LogP contribution is -2.30. The van der Waals surface area contributed by atoms with E-state index in [1.165, 1.54) is 0 Å². The Labute approximate surface area is 163 Å². The fourth-order valence-corrected chi connectivity index (χ4v) is 3.94. The van der Waals surface area contributed by atoms with E-state index in [2.05, 4.69) is 41.4 Å². The zero-order chi connectivity index (χ0) is 19.1. The lowest BCUT2D eigenvalue weighted by Gasteiger charge is -2.12. The summed E-state index contributed by atoms with van der Waals surface area (Å²) in [5.41, 5.74) is 6.48. The van der Waals surface area contributed by atoms with Gasteiger partial charge in [0.1, 0.15) is 0 Å². The van der Waals surface area contributed by atoms with Crippen LogP contribution in [0, 0.1) is 0 Å². The van der Waals surface area contributed by atoms with E-state index in [1.54, 1.807) is 0 Å². The number of fused-ring (bicyclic) bond motifs is 3. The van der Waals surface area contributed by atoms with Crippen LogP contribution in [0.3, 0.4) is 0 Å². The molecular weight excluding hydrogens is 345 g/mol. The Morgan fingerprint density at radius 1 is 0.607 bits per heavy atom. The highest BCUT2D eigenvalue weighted by molar-refractivity contribution is 6.62.